The van der Waals surface area contributed by atoms with Gasteiger partial charge in [0.25, 0.3) is 0 Å². The lowest BCUT2D eigenvalue weighted by atomic mass is 9.97. The van der Waals surface area contributed by atoms with Gasteiger partial charge in [0.05, 0.1) is 0 Å². The van der Waals surface area contributed by atoms with E-state index in [-0.39, 0.29) is 0 Å². The monoisotopic (exact) mass is 330 g/mol. The fourth-order valence-corrected chi connectivity index (χ4v) is 2.09. The molecule has 0 nitrogen and oxygen atoms in total. The lowest BCUT2D eigenvalue weighted by Crippen LogP contribution is -2.45. The highest BCUT2D eigenvalue weighted by Gasteiger charge is 2.61. The molecule has 2 atom stereocenters. The molecule has 6 heteroatoms. The van der Waals surface area contributed by atoms with Gasteiger partial charge in [-0.2, -0.15) is 22.0 Å². The van der Waals surface area contributed by atoms with Crippen LogP contribution in [0.15, 0.2) is 0 Å². The van der Waals surface area contributed by atoms with Crippen molar-refractivity contribution in [2.24, 2.45) is 5.92 Å². The van der Waals surface area contributed by atoms with Crippen molar-refractivity contribution in [3.05, 3.63) is 0 Å². The van der Waals surface area contributed by atoms with E-state index in [9.17, 15) is 22.0 Å². The van der Waals surface area contributed by atoms with Crippen molar-refractivity contribution in [2.45, 2.75) is 42.7 Å². The molecule has 0 amide bonds. The third-order valence-electron chi connectivity index (χ3n) is 2.06. The zero-order valence-electron chi connectivity index (χ0n) is 7.84. The highest BCUT2D eigenvalue weighted by Crippen LogP contribution is 2.44. The van der Waals surface area contributed by atoms with Crippen molar-refractivity contribution < 1.29 is 22.0 Å². The molecule has 86 valence electrons. The van der Waals surface area contributed by atoms with Gasteiger partial charge in [0, 0.05) is 9.84 Å². The number of alkyl halides is 6. The lowest BCUT2D eigenvalue weighted by Gasteiger charge is -2.29. The molecule has 0 aromatic rings. The summed E-state index contributed by atoms with van der Waals surface area (Å²) in [5.41, 5.74) is 0. The first-order valence-electron chi connectivity index (χ1n) is 4.23. The van der Waals surface area contributed by atoms with Crippen LogP contribution in [0.25, 0.3) is 0 Å². The third kappa shape index (κ3) is 3.20. The maximum absolute atomic E-state index is 12.8. The maximum Gasteiger partial charge on any atom is 0.453 e. The summed E-state index contributed by atoms with van der Waals surface area (Å²) in [4.78, 5) is 0. The van der Waals surface area contributed by atoms with Crippen LogP contribution in [0, 0.1) is 5.92 Å². The van der Waals surface area contributed by atoms with E-state index in [1.54, 1.807) is 29.5 Å². The number of rotatable bonds is 4. The van der Waals surface area contributed by atoms with Gasteiger partial charge >= 0.3 is 12.1 Å². The second kappa shape index (κ2) is 4.94. The summed E-state index contributed by atoms with van der Waals surface area (Å²) in [5, 5.41) is 0. The van der Waals surface area contributed by atoms with E-state index < -0.39 is 21.9 Å². The van der Waals surface area contributed by atoms with Gasteiger partial charge in [0.15, 0.2) is 0 Å². The SMILES string of the molecule is CCCC(I)C(C)C(F)(F)C(F)(F)F. The van der Waals surface area contributed by atoms with Gasteiger partial charge in [-0.1, -0.05) is 42.9 Å². The fraction of sp³-hybridized carbons (Fsp3) is 1.00. The molecule has 0 aromatic heterocycles. The predicted molar refractivity (Wildman–Crippen MR) is 52.9 cm³/mol. The van der Waals surface area contributed by atoms with Crippen LogP contribution in [-0.4, -0.2) is 16.0 Å². The molecule has 0 N–H and O–H groups in total. The van der Waals surface area contributed by atoms with Gasteiger partial charge < -0.3 is 0 Å². The zero-order valence-corrected chi connectivity index (χ0v) is 9.99. The third-order valence-corrected chi connectivity index (χ3v) is 3.76. The van der Waals surface area contributed by atoms with Crippen molar-refractivity contribution in [3.63, 3.8) is 0 Å². The first-order chi connectivity index (χ1) is 6.14. The fourth-order valence-electron chi connectivity index (χ4n) is 1.01. The minimum Gasteiger partial charge on any atom is -0.196 e. The Bertz CT molecular complexity index is 177. The van der Waals surface area contributed by atoms with Crippen molar-refractivity contribution in [1.82, 2.24) is 0 Å². The van der Waals surface area contributed by atoms with Gasteiger partial charge in [0.2, 0.25) is 0 Å². The molecule has 0 saturated heterocycles. The van der Waals surface area contributed by atoms with E-state index in [0.717, 1.165) is 6.92 Å². The molecular formula is C8H12F5I. The Labute approximate surface area is 93.4 Å². The average Bonchev–Trinajstić information content (AvgIpc) is 2.01. The summed E-state index contributed by atoms with van der Waals surface area (Å²) in [7, 11) is 0. The number of halogens is 6. The minimum atomic E-state index is -5.44. The lowest BCUT2D eigenvalue weighted by molar-refractivity contribution is -0.300. The van der Waals surface area contributed by atoms with Crippen molar-refractivity contribution >= 4 is 22.6 Å². The molecule has 0 bridgehead atoms. The topological polar surface area (TPSA) is 0 Å². The standard InChI is InChI=1S/C8H12F5I/c1-3-4-6(14)5(2)7(9,10)8(11,12)13/h5-6H,3-4H2,1-2H3. The van der Waals surface area contributed by atoms with E-state index in [4.69, 9.17) is 0 Å². The Balaban J connectivity index is 4.57. The predicted octanol–water partition coefficient (Wildman–Crippen LogP) is 4.42. The van der Waals surface area contributed by atoms with E-state index in [0.29, 0.717) is 12.8 Å². The smallest absolute Gasteiger partial charge is 0.196 e. The van der Waals surface area contributed by atoms with E-state index >= 15 is 0 Å². The molecule has 0 aliphatic heterocycles. The second-order valence-electron chi connectivity index (χ2n) is 3.21. The van der Waals surface area contributed by atoms with E-state index in [1.165, 1.54) is 0 Å². The van der Waals surface area contributed by atoms with Crippen LogP contribution in [0.4, 0.5) is 22.0 Å². The highest BCUT2D eigenvalue weighted by atomic mass is 127. The molecule has 0 heterocycles. The molecule has 0 rings (SSSR count). The molecule has 14 heavy (non-hydrogen) atoms. The Morgan fingerprint density at radius 2 is 1.57 bits per heavy atom. The summed E-state index contributed by atoms with van der Waals surface area (Å²) in [6, 6.07) is 0. The van der Waals surface area contributed by atoms with Crippen LogP contribution in [0.3, 0.4) is 0 Å². The van der Waals surface area contributed by atoms with Gasteiger partial charge in [0.1, 0.15) is 0 Å². The van der Waals surface area contributed by atoms with Crippen LogP contribution < -0.4 is 0 Å². The van der Waals surface area contributed by atoms with Crippen LogP contribution in [0.2, 0.25) is 0 Å². The van der Waals surface area contributed by atoms with Crippen LogP contribution in [-0.2, 0) is 0 Å². The normalized spacial score (nSPS) is 18.0. The quantitative estimate of drug-likeness (QED) is 0.407. The average molecular weight is 330 g/mol. The number of hydrogen-bond acceptors (Lipinski definition) is 0. The summed E-state index contributed by atoms with van der Waals surface area (Å²) in [6.45, 7) is 2.70. The van der Waals surface area contributed by atoms with Crippen molar-refractivity contribution in [2.75, 3.05) is 0 Å². The largest absolute Gasteiger partial charge is 0.453 e. The van der Waals surface area contributed by atoms with Crippen LogP contribution >= 0.6 is 22.6 Å². The summed E-state index contributed by atoms with van der Waals surface area (Å²) in [6.07, 6.45) is -4.47. The molecule has 0 aliphatic carbocycles. The van der Waals surface area contributed by atoms with E-state index in [2.05, 4.69) is 0 Å². The first-order valence-corrected chi connectivity index (χ1v) is 5.47. The molecular weight excluding hydrogens is 318 g/mol. The molecule has 0 radical (unpaired) electrons. The molecule has 0 aliphatic rings. The molecule has 0 saturated carbocycles. The maximum atomic E-state index is 12.8. The van der Waals surface area contributed by atoms with E-state index in [1.807, 2.05) is 0 Å². The zero-order chi connectivity index (χ0) is 11.6. The number of hydrogen-bond donors (Lipinski definition) is 0. The molecule has 0 fully saturated rings. The van der Waals surface area contributed by atoms with Crippen molar-refractivity contribution in [1.29, 1.82) is 0 Å². The van der Waals surface area contributed by atoms with Gasteiger partial charge in [-0.3, -0.25) is 0 Å². The Kier molecular flexibility index (Phi) is 5.07. The first kappa shape index (κ1) is 14.4. The van der Waals surface area contributed by atoms with Gasteiger partial charge in [-0.05, 0) is 6.42 Å². The Morgan fingerprint density at radius 3 is 1.86 bits per heavy atom. The highest BCUT2D eigenvalue weighted by molar-refractivity contribution is 14.1. The Morgan fingerprint density at radius 1 is 1.14 bits per heavy atom. The van der Waals surface area contributed by atoms with Crippen molar-refractivity contribution in [3.8, 4) is 0 Å². The van der Waals surface area contributed by atoms with Gasteiger partial charge in [-0.15, -0.1) is 0 Å². The minimum absolute atomic E-state index is 0.368. The van der Waals surface area contributed by atoms with Crippen LogP contribution in [0.1, 0.15) is 26.7 Å². The molecule has 2 unspecified atom stereocenters. The molecule has 0 aromatic carbocycles. The summed E-state index contributed by atoms with van der Waals surface area (Å²) >= 11 is 1.65. The summed E-state index contributed by atoms with van der Waals surface area (Å²) < 4.78 is 60.7. The second-order valence-corrected chi connectivity index (χ2v) is 4.81. The summed E-state index contributed by atoms with van der Waals surface area (Å²) in [5.74, 6) is -6.27. The molecule has 0 spiro atoms. The Hall–Kier alpha value is 0.380. The van der Waals surface area contributed by atoms with Crippen LogP contribution in [0.5, 0.6) is 0 Å². The van der Waals surface area contributed by atoms with Gasteiger partial charge in [-0.25, -0.2) is 0 Å².